The molecule has 1 aromatic rings. The van der Waals surface area contributed by atoms with Crippen LogP contribution >= 0.6 is 0 Å². The minimum atomic E-state index is 0.201. The maximum absolute atomic E-state index is 3.32. The van der Waals surface area contributed by atoms with E-state index in [1.807, 2.05) is 13.0 Å². The SMILES string of the molecule is CC=CC=[CH][Ru][c]1[nH]cc(C)c1C. The summed E-state index contributed by atoms with van der Waals surface area (Å²) >= 11 is 0.201. The van der Waals surface area contributed by atoms with E-state index in [0.717, 1.165) is 0 Å². The summed E-state index contributed by atoms with van der Waals surface area (Å²) in [6.45, 7) is 6.36. The van der Waals surface area contributed by atoms with E-state index >= 15 is 0 Å². The summed E-state index contributed by atoms with van der Waals surface area (Å²) in [5.41, 5.74) is 2.78. The Bertz CT molecular complexity index is 321. The molecule has 1 rings (SSSR count). The molecule has 0 saturated carbocycles. The van der Waals surface area contributed by atoms with Crippen LogP contribution in [0.3, 0.4) is 0 Å². The van der Waals surface area contributed by atoms with Crippen LogP contribution in [-0.4, -0.2) is 4.98 Å². The van der Waals surface area contributed by atoms with Crippen LogP contribution in [0.25, 0.3) is 0 Å². The molecule has 0 fully saturated rings. The van der Waals surface area contributed by atoms with Gasteiger partial charge in [0.05, 0.1) is 0 Å². The van der Waals surface area contributed by atoms with Gasteiger partial charge in [0.2, 0.25) is 0 Å². The zero-order chi connectivity index (χ0) is 9.68. The summed E-state index contributed by atoms with van der Waals surface area (Å²) in [5, 5.41) is 0. The molecular weight excluding hydrogens is 247 g/mol. The van der Waals surface area contributed by atoms with Gasteiger partial charge in [-0.3, -0.25) is 0 Å². The number of aryl methyl sites for hydroxylation is 1. The molecule has 1 N–H and O–H groups in total. The van der Waals surface area contributed by atoms with Gasteiger partial charge in [-0.15, -0.1) is 0 Å². The van der Waals surface area contributed by atoms with Gasteiger partial charge in [-0.2, -0.15) is 0 Å². The monoisotopic (exact) mass is 263 g/mol. The molecule has 1 nitrogen and oxygen atoms in total. The second-order valence-electron chi connectivity index (χ2n) is 2.84. The molecule has 0 bridgehead atoms. The second kappa shape index (κ2) is 5.19. The normalized spacial score (nSPS) is 12.2. The van der Waals surface area contributed by atoms with Crippen LogP contribution in [0.2, 0.25) is 0 Å². The first kappa shape index (κ1) is 10.5. The van der Waals surface area contributed by atoms with Gasteiger partial charge in [-0.05, 0) is 0 Å². The van der Waals surface area contributed by atoms with Crippen LogP contribution in [0.4, 0.5) is 0 Å². The van der Waals surface area contributed by atoms with Gasteiger partial charge >= 0.3 is 87.4 Å². The molecular formula is C11H15NRu. The van der Waals surface area contributed by atoms with E-state index in [9.17, 15) is 0 Å². The number of hydrogen-bond donors (Lipinski definition) is 1. The van der Waals surface area contributed by atoms with E-state index in [1.165, 1.54) is 15.4 Å². The van der Waals surface area contributed by atoms with E-state index in [4.69, 9.17) is 0 Å². The molecule has 0 radical (unpaired) electrons. The fourth-order valence-electron chi connectivity index (χ4n) is 0.904. The molecule has 0 amide bonds. The van der Waals surface area contributed by atoms with E-state index in [2.05, 4.69) is 41.9 Å². The van der Waals surface area contributed by atoms with Crippen molar-refractivity contribution in [1.82, 2.24) is 4.98 Å². The summed E-state index contributed by atoms with van der Waals surface area (Å²) < 4.78 is 3.66. The van der Waals surface area contributed by atoms with Crippen molar-refractivity contribution < 1.29 is 17.1 Å². The van der Waals surface area contributed by atoms with E-state index in [0.29, 0.717) is 0 Å². The molecule has 0 saturated heterocycles. The summed E-state index contributed by atoms with van der Waals surface area (Å²) in [4.78, 5) is 3.32. The molecule has 0 aliphatic heterocycles. The molecule has 0 aliphatic carbocycles. The Morgan fingerprint density at radius 2 is 2.08 bits per heavy atom. The number of aromatic amines is 1. The van der Waals surface area contributed by atoms with E-state index in [-0.39, 0.29) is 17.1 Å². The predicted molar refractivity (Wildman–Crippen MR) is 53.9 cm³/mol. The van der Waals surface area contributed by atoms with Gasteiger partial charge in [-0.25, -0.2) is 0 Å². The average molecular weight is 262 g/mol. The third-order valence-electron chi connectivity index (χ3n) is 1.86. The standard InChI is InChI=1S/C6H8N.C5H7.Ru/c1-5-3-7-4-6(5)2;1-3-5-4-2;/h3,7H,1-2H3;1,3-5H,2H3;. The summed E-state index contributed by atoms with van der Waals surface area (Å²) in [5.74, 6) is 0. The van der Waals surface area contributed by atoms with Crippen molar-refractivity contribution in [2.24, 2.45) is 0 Å². The number of allylic oxidation sites excluding steroid dienone is 3. The Balaban J connectivity index is 2.59. The first-order valence-electron chi connectivity index (χ1n) is 4.29. The Morgan fingerprint density at radius 3 is 2.62 bits per heavy atom. The van der Waals surface area contributed by atoms with Crippen LogP contribution in [0, 0.1) is 13.8 Å². The van der Waals surface area contributed by atoms with Crippen molar-refractivity contribution in [3.05, 3.63) is 40.2 Å². The van der Waals surface area contributed by atoms with Crippen LogP contribution < -0.4 is 4.29 Å². The summed E-state index contributed by atoms with van der Waals surface area (Å²) in [6.07, 6.45) is 8.32. The molecule has 0 spiro atoms. The fourth-order valence-corrected chi connectivity index (χ4v) is 2.54. The molecule has 0 aromatic carbocycles. The number of rotatable bonds is 3. The number of nitrogens with one attached hydrogen (secondary N) is 1. The third kappa shape index (κ3) is 2.97. The fraction of sp³-hybridized carbons (Fsp3) is 0.273. The predicted octanol–water partition coefficient (Wildman–Crippen LogP) is 2.43. The summed E-state index contributed by atoms with van der Waals surface area (Å²) in [7, 11) is 0. The molecule has 0 unspecified atom stereocenters. The third-order valence-corrected chi connectivity index (χ3v) is 3.88. The van der Waals surface area contributed by atoms with Crippen LogP contribution in [0.1, 0.15) is 18.1 Å². The van der Waals surface area contributed by atoms with Crippen molar-refractivity contribution in [2.45, 2.75) is 20.8 Å². The molecule has 1 heterocycles. The molecule has 1 aromatic heterocycles. The number of aromatic nitrogens is 1. The van der Waals surface area contributed by atoms with Gasteiger partial charge in [-0.1, -0.05) is 0 Å². The Labute approximate surface area is 87.5 Å². The van der Waals surface area contributed by atoms with Crippen molar-refractivity contribution in [3.8, 4) is 0 Å². The van der Waals surface area contributed by atoms with Gasteiger partial charge in [0, 0.05) is 0 Å². The molecule has 72 valence electrons. The Kier molecular flexibility index (Phi) is 4.17. The Hall–Kier alpha value is -0.617. The van der Waals surface area contributed by atoms with Gasteiger partial charge in [0.25, 0.3) is 0 Å². The summed E-state index contributed by atoms with van der Waals surface area (Å²) in [6, 6.07) is 0. The van der Waals surface area contributed by atoms with Crippen molar-refractivity contribution in [3.63, 3.8) is 0 Å². The van der Waals surface area contributed by atoms with Crippen LogP contribution in [0.15, 0.2) is 29.1 Å². The van der Waals surface area contributed by atoms with Crippen LogP contribution in [0.5, 0.6) is 0 Å². The quantitative estimate of drug-likeness (QED) is 0.636. The molecule has 0 aliphatic rings. The average Bonchev–Trinajstić information content (AvgIpc) is 2.43. The van der Waals surface area contributed by atoms with Gasteiger partial charge in [0.1, 0.15) is 0 Å². The number of H-pyrrole nitrogens is 1. The Morgan fingerprint density at radius 1 is 1.31 bits per heavy atom. The van der Waals surface area contributed by atoms with Gasteiger partial charge < -0.3 is 0 Å². The zero-order valence-electron chi connectivity index (χ0n) is 8.24. The van der Waals surface area contributed by atoms with Crippen molar-refractivity contribution in [1.29, 1.82) is 0 Å². The van der Waals surface area contributed by atoms with Crippen molar-refractivity contribution >= 4 is 4.29 Å². The zero-order valence-corrected chi connectivity index (χ0v) is 9.98. The molecule has 0 atom stereocenters. The van der Waals surface area contributed by atoms with Gasteiger partial charge in [0.15, 0.2) is 0 Å². The van der Waals surface area contributed by atoms with E-state index in [1.54, 1.807) is 0 Å². The molecule has 2 heteroatoms. The second-order valence-corrected chi connectivity index (χ2v) is 4.79. The number of hydrogen-bond acceptors (Lipinski definition) is 0. The first-order chi connectivity index (χ1) is 6.25. The van der Waals surface area contributed by atoms with Crippen molar-refractivity contribution in [2.75, 3.05) is 0 Å². The molecule has 13 heavy (non-hydrogen) atoms. The topological polar surface area (TPSA) is 15.8 Å². The minimum absolute atomic E-state index is 0.201. The maximum atomic E-state index is 3.32. The van der Waals surface area contributed by atoms with E-state index < -0.39 is 0 Å². The first-order valence-corrected chi connectivity index (χ1v) is 6.16. The van der Waals surface area contributed by atoms with Crippen LogP contribution in [-0.2, 0) is 17.1 Å².